The van der Waals surface area contributed by atoms with Gasteiger partial charge >= 0.3 is 0 Å². The van der Waals surface area contributed by atoms with Crippen molar-refractivity contribution in [2.75, 3.05) is 19.6 Å². The number of imidazole rings is 1. The van der Waals surface area contributed by atoms with Crippen LogP contribution in [-0.2, 0) is 21.4 Å². The number of sulfonamides is 1. The van der Waals surface area contributed by atoms with E-state index in [-0.39, 0.29) is 29.8 Å². The van der Waals surface area contributed by atoms with Gasteiger partial charge in [-0.15, -0.1) is 0 Å². The first-order chi connectivity index (χ1) is 13.4. The molecule has 0 atom stereocenters. The van der Waals surface area contributed by atoms with Gasteiger partial charge < -0.3 is 9.88 Å². The van der Waals surface area contributed by atoms with Crippen molar-refractivity contribution < 1.29 is 22.0 Å². The highest BCUT2D eigenvalue weighted by Crippen LogP contribution is 2.25. The van der Waals surface area contributed by atoms with Crippen LogP contribution in [0.2, 0.25) is 0 Å². The maximum atomic E-state index is 13.4. The second-order valence-electron chi connectivity index (χ2n) is 6.70. The standard InChI is InChI=1S/C18H22F2N4O3S/c19-16-3-2-15(12-17(16)20)28(26,27)24-9-4-14(5-10-24)18(25)22-6-1-8-23-11-7-21-13-23/h2-3,7,11-14H,1,4-6,8-10H2,(H,22,25). The Labute approximate surface area is 162 Å². The summed E-state index contributed by atoms with van der Waals surface area (Å²) in [5, 5.41) is 2.88. The summed E-state index contributed by atoms with van der Waals surface area (Å²) in [5.41, 5.74) is 0. The van der Waals surface area contributed by atoms with Gasteiger partial charge in [0.15, 0.2) is 11.6 Å². The molecule has 0 saturated carbocycles. The molecule has 7 nitrogen and oxygen atoms in total. The molecule has 10 heteroatoms. The van der Waals surface area contributed by atoms with E-state index < -0.39 is 21.7 Å². The van der Waals surface area contributed by atoms with Gasteiger partial charge in [0.05, 0.1) is 11.2 Å². The molecule has 1 fully saturated rings. The average molecular weight is 412 g/mol. The van der Waals surface area contributed by atoms with Crippen molar-refractivity contribution in [1.82, 2.24) is 19.2 Å². The van der Waals surface area contributed by atoms with E-state index >= 15 is 0 Å². The van der Waals surface area contributed by atoms with Gasteiger partial charge in [-0.2, -0.15) is 4.31 Å². The highest BCUT2D eigenvalue weighted by atomic mass is 32.2. The zero-order valence-electron chi connectivity index (χ0n) is 15.2. The van der Waals surface area contributed by atoms with Crippen molar-refractivity contribution in [3.8, 4) is 0 Å². The minimum absolute atomic E-state index is 0.0875. The molecule has 1 aromatic carbocycles. The first-order valence-electron chi connectivity index (χ1n) is 9.06. The molecule has 1 aliphatic rings. The zero-order valence-corrected chi connectivity index (χ0v) is 16.0. The van der Waals surface area contributed by atoms with Crippen LogP contribution in [0.1, 0.15) is 19.3 Å². The fraction of sp³-hybridized carbons (Fsp3) is 0.444. The lowest BCUT2D eigenvalue weighted by atomic mass is 9.97. The highest BCUT2D eigenvalue weighted by Gasteiger charge is 2.32. The summed E-state index contributed by atoms with van der Waals surface area (Å²) in [6.45, 7) is 1.61. The summed E-state index contributed by atoms with van der Waals surface area (Å²) in [6.07, 6.45) is 6.80. The zero-order chi connectivity index (χ0) is 20.1. The van der Waals surface area contributed by atoms with Gasteiger partial charge in [0.2, 0.25) is 15.9 Å². The minimum atomic E-state index is -3.91. The molecule has 1 amide bonds. The molecule has 2 heterocycles. The van der Waals surface area contributed by atoms with Crippen molar-refractivity contribution >= 4 is 15.9 Å². The predicted molar refractivity (Wildman–Crippen MR) is 97.7 cm³/mol. The first kappa shape index (κ1) is 20.4. The SMILES string of the molecule is O=C(NCCCn1ccnc1)C1CCN(S(=O)(=O)c2ccc(F)c(F)c2)CC1. The van der Waals surface area contributed by atoms with Crippen molar-refractivity contribution in [2.24, 2.45) is 5.92 Å². The van der Waals surface area contributed by atoms with E-state index in [2.05, 4.69) is 10.3 Å². The van der Waals surface area contributed by atoms with E-state index in [1.807, 2.05) is 10.8 Å². The normalized spacial score (nSPS) is 16.2. The highest BCUT2D eigenvalue weighted by molar-refractivity contribution is 7.89. The molecule has 0 radical (unpaired) electrons. The van der Waals surface area contributed by atoms with E-state index in [0.717, 1.165) is 25.1 Å². The number of halogens is 2. The number of carbonyl (C=O) groups is 1. The van der Waals surface area contributed by atoms with Gasteiger partial charge in [-0.3, -0.25) is 4.79 Å². The van der Waals surface area contributed by atoms with Crippen LogP contribution in [-0.4, -0.2) is 47.8 Å². The Hall–Kier alpha value is -2.33. The fourth-order valence-corrected chi connectivity index (χ4v) is 4.66. The number of amides is 1. The second kappa shape index (κ2) is 8.78. The molecule has 1 saturated heterocycles. The van der Waals surface area contributed by atoms with E-state index in [0.29, 0.717) is 25.5 Å². The summed E-state index contributed by atoms with van der Waals surface area (Å²) >= 11 is 0. The average Bonchev–Trinajstić information content (AvgIpc) is 3.20. The number of aryl methyl sites for hydroxylation is 1. The third-order valence-corrected chi connectivity index (χ3v) is 6.70. The molecular formula is C18H22F2N4O3S. The number of nitrogens with one attached hydrogen (secondary N) is 1. The Balaban J connectivity index is 1.47. The van der Waals surface area contributed by atoms with Crippen LogP contribution >= 0.6 is 0 Å². The Kier molecular flexibility index (Phi) is 6.40. The third kappa shape index (κ3) is 4.74. The van der Waals surface area contributed by atoms with Crippen LogP contribution in [0.25, 0.3) is 0 Å². The van der Waals surface area contributed by atoms with Crippen molar-refractivity contribution in [2.45, 2.75) is 30.7 Å². The number of benzene rings is 1. The van der Waals surface area contributed by atoms with Crippen LogP contribution in [0, 0.1) is 17.6 Å². The summed E-state index contributed by atoms with van der Waals surface area (Å²) in [6, 6.07) is 2.53. The number of hydrogen-bond donors (Lipinski definition) is 1. The topological polar surface area (TPSA) is 84.3 Å². The lowest BCUT2D eigenvalue weighted by Gasteiger charge is -2.30. The lowest BCUT2D eigenvalue weighted by Crippen LogP contribution is -2.43. The summed E-state index contributed by atoms with van der Waals surface area (Å²) in [7, 11) is -3.91. The Morgan fingerprint density at radius 3 is 2.61 bits per heavy atom. The van der Waals surface area contributed by atoms with E-state index in [9.17, 15) is 22.0 Å². The van der Waals surface area contributed by atoms with Gasteiger partial charge in [0.1, 0.15) is 0 Å². The molecule has 1 aliphatic heterocycles. The van der Waals surface area contributed by atoms with Crippen molar-refractivity contribution in [3.63, 3.8) is 0 Å². The van der Waals surface area contributed by atoms with Gasteiger partial charge in [-0.25, -0.2) is 22.2 Å². The largest absolute Gasteiger partial charge is 0.356 e. The smallest absolute Gasteiger partial charge is 0.243 e. The quantitative estimate of drug-likeness (QED) is 0.703. The second-order valence-corrected chi connectivity index (χ2v) is 8.64. The predicted octanol–water partition coefficient (Wildman–Crippen LogP) is 1.77. The van der Waals surface area contributed by atoms with Crippen LogP contribution in [0.3, 0.4) is 0 Å². The summed E-state index contributed by atoms with van der Waals surface area (Å²) < 4.78 is 54.7. The number of nitrogens with zero attached hydrogens (tertiary/aromatic N) is 3. The van der Waals surface area contributed by atoms with Crippen LogP contribution in [0.15, 0.2) is 41.8 Å². The molecule has 0 bridgehead atoms. The van der Waals surface area contributed by atoms with E-state index in [4.69, 9.17) is 0 Å². The summed E-state index contributed by atoms with van der Waals surface area (Å²) in [4.78, 5) is 15.9. The number of piperidine rings is 1. The lowest BCUT2D eigenvalue weighted by molar-refractivity contribution is -0.126. The number of rotatable bonds is 7. The monoisotopic (exact) mass is 412 g/mol. The molecule has 1 N–H and O–H groups in total. The Bertz CT molecular complexity index is 911. The molecule has 28 heavy (non-hydrogen) atoms. The molecule has 1 aromatic heterocycles. The number of hydrogen-bond acceptors (Lipinski definition) is 4. The van der Waals surface area contributed by atoms with Crippen molar-refractivity contribution in [3.05, 3.63) is 48.6 Å². The number of aromatic nitrogens is 2. The molecule has 152 valence electrons. The number of carbonyl (C=O) groups excluding carboxylic acids is 1. The van der Waals surface area contributed by atoms with Crippen LogP contribution in [0.5, 0.6) is 0 Å². The Morgan fingerprint density at radius 1 is 1.21 bits per heavy atom. The van der Waals surface area contributed by atoms with Crippen LogP contribution < -0.4 is 5.32 Å². The first-order valence-corrected chi connectivity index (χ1v) is 10.5. The Morgan fingerprint density at radius 2 is 1.96 bits per heavy atom. The van der Waals surface area contributed by atoms with Crippen LogP contribution in [0.4, 0.5) is 8.78 Å². The van der Waals surface area contributed by atoms with Gasteiger partial charge in [0.25, 0.3) is 0 Å². The maximum absolute atomic E-state index is 13.4. The minimum Gasteiger partial charge on any atom is -0.356 e. The molecule has 0 spiro atoms. The van der Waals surface area contributed by atoms with Crippen molar-refractivity contribution in [1.29, 1.82) is 0 Å². The molecule has 3 rings (SSSR count). The van der Waals surface area contributed by atoms with E-state index in [1.54, 1.807) is 12.5 Å². The summed E-state index contributed by atoms with van der Waals surface area (Å²) in [5.74, 6) is -2.64. The fourth-order valence-electron chi connectivity index (χ4n) is 3.18. The van der Waals surface area contributed by atoms with Gasteiger partial charge in [-0.1, -0.05) is 0 Å². The maximum Gasteiger partial charge on any atom is 0.243 e. The van der Waals surface area contributed by atoms with Gasteiger partial charge in [0, 0.05) is 44.5 Å². The van der Waals surface area contributed by atoms with E-state index in [1.165, 1.54) is 4.31 Å². The molecule has 0 unspecified atom stereocenters. The molecular weight excluding hydrogens is 390 g/mol. The van der Waals surface area contributed by atoms with Gasteiger partial charge in [-0.05, 0) is 37.5 Å². The molecule has 2 aromatic rings. The molecule has 0 aliphatic carbocycles. The third-order valence-electron chi connectivity index (χ3n) is 4.81.